The molecule has 1 aliphatic rings. The van der Waals surface area contributed by atoms with Crippen LogP contribution in [0.3, 0.4) is 0 Å². The van der Waals surface area contributed by atoms with Crippen molar-refractivity contribution in [1.82, 2.24) is 14.9 Å². The molecule has 5 N–H and O–H groups in total. The van der Waals surface area contributed by atoms with Crippen molar-refractivity contribution in [3.8, 4) is 11.8 Å². The number of rotatable bonds is 7. The molecule has 10 heteroatoms. The summed E-state index contributed by atoms with van der Waals surface area (Å²) in [6.45, 7) is 3.42. The van der Waals surface area contributed by atoms with E-state index >= 15 is 0 Å². The van der Waals surface area contributed by atoms with Crippen LogP contribution >= 0.6 is 0 Å². The van der Waals surface area contributed by atoms with Gasteiger partial charge >= 0.3 is 11.9 Å². The Kier molecular flexibility index (Phi) is 10.1. The van der Waals surface area contributed by atoms with Gasteiger partial charge in [-0.15, -0.1) is 0 Å². The maximum atomic E-state index is 13.7. The first-order chi connectivity index (χ1) is 17.8. The molecule has 0 aliphatic carbocycles. The van der Waals surface area contributed by atoms with E-state index in [0.717, 1.165) is 49.0 Å². The largest absolute Gasteiger partial charge is 0.473 e. The first-order valence-corrected chi connectivity index (χ1v) is 12.0. The molecular weight excluding hydrogens is 479 g/mol. The number of halogens is 1. The number of fused-ring (bicyclic) bond motifs is 1. The smallest absolute Gasteiger partial charge is 0.414 e. The quantitative estimate of drug-likeness (QED) is 0.216. The molecule has 1 aliphatic heterocycles. The minimum atomic E-state index is -1.82. The second-order valence-corrected chi connectivity index (χ2v) is 8.84. The summed E-state index contributed by atoms with van der Waals surface area (Å²) in [5.41, 5.74) is 8.86. The topological polar surface area (TPSA) is 142 Å². The van der Waals surface area contributed by atoms with Crippen LogP contribution in [0.1, 0.15) is 42.3 Å². The molecule has 0 bridgehead atoms. The Morgan fingerprint density at radius 3 is 2.73 bits per heavy atom. The number of nitrogens with one attached hydrogen (secondary N) is 1. The van der Waals surface area contributed by atoms with E-state index in [-0.39, 0.29) is 11.9 Å². The van der Waals surface area contributed by atoms with Crippen LogP contribution in [0.15, 0.2) is 42.5 Å². The second kappa shape index (κ2) is 13.5. The van der Waals surface area contributed by atoms with Crippen LogP contribution in [0.2, 0.25) is 0 Å². The lowest BCUT2D eigenvalue weighted by Crippen LogP contribution is -2.19. The summed E-state index contributed by atoms with van der Waals surface area (Å²) in [6, 6.07) is 12.6. The van der Waals surface area contributed by atoms with Gasteiger partial charge in [0.1, 0.15) is 17.7 Å². The summed E-state index contributed by atoms with van der Waals surface area (Å²) in [5, 5.41) is 14.8. The summed E-state index contributed by atoms with van der Waals surface area (Å²) in [7, 11) is 2.14. The highest BCUT2D eigenvalue weighted by Crippen LogP contribution is 2.28. The number of aromatic nitrogens is 2. The van der Waals surface area contributed by atoms with Crippen molar-refractivity contribution in [3.63, 3.8) is 0 Å². The molecule has 1 saturated heterocycles. The van der Waals surface area contributed by atoms with Crippen LogP contribution in [-0.4, -0.2) is 70.3 Å². The van der Waals surface area contributed by atoms with Crippen molar-refractivity contribution in [3.05, 3.63) is 65.2 Å². The van der Waals surface area contributed by atoms with Crippen molar-refractivity contribution in [1.29, 1.82) is 0 Å². The van der Waals surface area contributed by atoms with Gasteiger partial charge in [-0.05, 0) is 74.8 Å². The average molecular weight is 511 g/mol. The number of ether oxygens (including phenoxy) is 1. The van der Waals surface area contributed by atoms with E-state index in [9.17, 15) is 4.39 Å². The fraction of sp³-hybridized carbons (Fsp3) is 0.370. The molecule has 0 spiro atoms. The van der Waals surface area contributed by atoms with Crippen LogP contribution in [0.25, 0.3) is 11.0 Å². The van der Waals surface area contributed by atoms with E-state index in [2.05, 4.69) is 34.8 Å². The van der Waals surface area contributed by atoms with E-state index in [1.807, 2.05) is 18.2 Å². The number of unbranched alkanes of at least 4 members (excludes halogenated alkanes) is 1. The van der Waals surface area contributed by atoms with Crippen LogP contribution in [0, 0.1) is 23.6 Å². The number of hydrogen-bond donors (Lipinski definition) is 4. The Morgan fingerprint density at radius 2 is 2.05 bits per heavy atom. The Morgan fingerprint density at radius 1 is 1.27 bits per heavy atom. The van der Waals surface area contributed by atoms with Crippen LogP contribution in [0.4, 0.5) is 4.39 Å². The average Bonchev–Trinajstić information content (AvgIpc) is 3.48. The molecule has 1 aromatic heterocycles. The van der Waals surface area contributed by atoms with E-state index in [0.29, 0.717) is 30.4 Å². The number of carboxylic acid groups (broad SMARTS) is 2. The molecule has 2 aromatic carbocycles. The van der Waals surface area contributed by atoms with E-state index in [4.69, 9.17) is 35.3 Å². The molecule has 9 nitrogen and oxygen atoms in total. The lowest BCUT2D eigenvalue weighted by atomic mass is 10.0. The lowest BCUT2D eigenvalue weighted by Gasteiger charge is -2.19. The van der Waals surface area contributed by atoms with Gasteiger partial charge in [-0.3, -0.25) is 0 Å². The van der Waals surface area contributed by atoms with Gasteiger partial charge < -0.3 is 30.6 Å². The number of aromatic amines is 1. The van der Waals surface area contributed by atoms with E-state index in [1.165, 1.54) is 12.1 Å². The molecule has 2 unspecified atom stereocenters. The number of carbonyl (C=O) groups is 2. The molecule has 37 heavy (non-hydrogen) atoms. The number of imidazole rings is 1. The van der Waals surface area contributed by atoms with Crippen LogP contribution in [-0.2, 0) is 14.3 Å². The Balaban J connectivity index is 0.000000568. The first kappa shape index (κ1) is 27.8. The van der Waals surface area contributed by atoms with Gasteiger partial charge in [-0.2, -0.15) is 0 Å². The summed E-state index contributed by atoms with van der Waals surface area (Å²) in [5.74, 6) is 3.63. The zero-order valence-corrected chi connectivity index (χ0v) is 20.6. The Labute approximate surface area is 214 Å². The SMILES string of the molecule is CN1CCC(COC(c2cccc(C#CCCCN)c2)c2nc3ccc(F)cc3[nH]2)C1.O=C(O)C(=O)O. The standard InChI is InChI=1S/C25H29FN4O.C2H2O4/c1-30-13-11-19(16-30)17-31-24(25-28-22-10-9-21(26)15-23(22)29-25)20-8-5-7-18(14-20)6-3-2-4-12-27;3-1(4)2(5)6/h5,7-10,14-15,19,24H,2,4,11-13,16-17,27H2,1H3,(H,28,29);(H,3,4)(H,5,6). The Hall–Kier alpha value is -3.78. The summed E-state index contributed by atoms with van der Waals surface area (Å²) in [6.07, 6.45) is 2.43. The number of nitrogens with zero attached hydrogens (tertiary/aromatic N) is 2. The number of H-pyrrole nitrogens is 1. The number of likely N-dealkylation sites (tertiary alicyclic amines) is 1. The van der Waals surface area contributed by atoms with Crippen molar-refractivity contribution >= 4 is 23.0 Å². The third-order valence-corrected chi connectivity index (χ3v) is 5.81. The normalized spacial score (nSPS) is 15.9. The number of nitrogens with two attached hydrogens (primary N) is 1. The van der Waals surface area contributed by atoms with Gasteiger partial charge in [0.25, 0.3) is 0 Å². The number of carboxylic acids is 2. The maximum absolute atomic E-state index is 13.7. The molecule has 3 aromatic rings. The highest BCUT2D eigenvalue weighted by atomic mass is 19.1. The highest BCUT2D eigenvalue weighted by Gasteiger charge is 2.24. The molecule has 2 atom stereocenters. The Bertz CT molecular complexity index is 1270. The third-order valence-electron chi connectivity index (χ3n) is 5.81. The number of benzene rings is 2. The van der Waals surface area contributed by atoms with Crippen LogP contribution < -0.4 is 5.73 Å². The summed E-state index contributed by atoms with van der Waals surface area (Å²) < 4.78 is 20.1. The maximum Gasteiger partial charge on any atom is 0.414 e. The fourth-order valence-corrected chi connectivity index (χ4v) is 3.99. The van der Waals surface area contributed by atoms with Crippen molar-refractivity contribution in [2.45, 2.75) is 25.4 Å². The summed E-state index contributed by atoms with van der Waals surface area (Å²) >= 11 is 0. The molecule has 196 valence electrons. The molecule has 4 rings (SSSR count). The predicted molar refractivity (Wildman–Crippen MR) is 136 cm³/mol. The zero-order valence-electron chi connectivity index (χ0n) is 20.6. The molecule has 0 radical (unpaired) electrons. The molecule has 2 heterocycles. The zero-order chi connectivity index (χ0) is 26.8. The van der Waals surface area contributed by atoms with Gasteiger partial charge in [-0.25, -0.2) is 19.0 Å². The van der Waals surface area contributed by atoms with Gasteiger partial charge in [-0.1, -0.05) is 24.0 Å². The minimum absolute atomic E-state index is 0.288. The third kappa shape index (κ3) is 8.39. The van der Waals surface area contributed by atoms with Gasteiger partial charge in [0.2, 0.25) is 0 Å². The van der Waals surface area contributed by atoms with Crippen LogP contribution in [0.5, 0.6) is 0 Å². The molecular formula is C27H31FN4O5. The monoisotopic (exact) mass is 510 g/mol. The number of aliphatic carboxylic acids is 2. The fourth-order valence-electron chi connectivity index (χ4n) is 3.99. The van der Waals surface area contributed by atoms with Gasteiger partial charge in [0, 0.05) is 18.5 Å². The predicted octanol–water partition coefficient (Wildman–Crippen LogP) is 3.01. The highest BCUT2D eigenvalue weighted by molar-refractivity contribution is 6.27. The second-order valence-electron chi connectivity index (χ2n) is 8.84. The number of hydrogen-bond acceptors (Lipinski definition) is 6. The summed E-state index contributed by atoms with van der Waals surface area (Å²) in [4.78, 5) is 28.5. The molecule has 0 amide bonds. The molecule has 0 saturated carbocycles. The first-order valence-electron chi connectivity index (χ1n) is 12.0. The van der Waals surface area contributed by atoms with Crippen molar-refractivity contribution in [2.75, 3.05) is 33.3 Å². The van der Waals surface area contributed by atoms with Gasteiger partial charge in [0.15, 0.2) is 0 Å². The van der Waals surface area contributed by atoms with Crippen molar-refractivity contribution in [2.24, 2.45) is 11.7 Å². The van der Waals surface area contributed by atoms with Crippen molar-refractivity contribution < 1.29 is 28.9 Å². The van der Waals surface area contributed by atoms with E-state index in [1.54, 1.807) is 6.07 Å². The van der Waals surface area contributed by atoms with Gasteiger partial charge in [0.05, 0.1) is 17.6 Å². The molecule has 1 fully saturated rings. The lowest BCUT2D eigenvalue weighted by molar-refractivity contribution is -0.159. The minimum Gasteiger partial charge on any atom is -0.473 e. The van der Waals surface area contributed by atoms with E-state index < -0.39 is 11.9 Å².